The Hall–Kier alpha value is -4.58. The SMILES string of the molecule is CCCCOC(=O)[C@H](C)NP(=O)(Cc1ccc2sc(C(=O)N[C@H]3CCC[C@H]4CC[C@@H](C(=O)N5CC(c6cccnc6)C5)N4C3=O)cc2c1)Oc1ccccc1. The number of ether oxygens (including phenoxy) is 1. The summed E-state index contributed by atoms with van der Waals surface area (Å²) in [4.78, 5) is 62.4. The minimum atomic E-state index is -3.68. The molecule has 5 atom stereocenters. The molecule has 2 N–H and O–H groups in total. The van der Waals surface area contributed by atoms with E-state index in [0.717, 1.165) is 47.8 Å². The Labute approximate surface area is 325 Å². The lowest BCUT2D eigenvalue weighted by Gasteiger charge is -2.42. The van der Waals surface area contributed by atoms with E-state index in [1.165, 1.54) is 11.3 Å². The van der Waals surface area contributed by atoms with E-state index in [0.29, 0.717) is 42.1 Å². The zero-order valence-corrected chi connectivity index (χ0v) is 32.9. The summed E-state index contributed by atoms with van der Waals surface area (Å²) in [6, 6.07) is 18.0. The third-order valence-electron chi connectivity index (χ3n) is 10.7. The minimum Gasteiger partial charge on any atom is -0.465 e. The van der Waals surface area contributed by atoms with Gasteiger partial charge in [0.2, 0.25) is 11.8 Å². The molecule has 0 bridgehead atoms. The molecule has 2 aromatic carbocycles. The number of rotatable bonds is 14. The van der Waals surface area contributed by atoms with Gasteiger partial charge in [0.1, 0.15) is 23.9 Å². The normalized spacial score (nSPS) is 21.6. The van der Waals surface area contributed by atoms with Crippen LogP contribution in [-0.4, -0.2) is 82.3 Å². The molecule has 14 heteroatoms. The standard InChI is InChI=1S/C41H48N5O7PS/c1-3-4-20-52-41(50)27(2)44-54(51,53-33-12-6-5-7-13-33)26-28-15-18-36-30(21-28)22-37(55-36)38(47)43-34-14-8-11-32-16-17-35(46(32)39(34)48)40(49)45-24-31(25-45)29-10-9-19-42-23-29/h5-7,9-10,12-13,15,18-19,21-23,27,31-32,34-35H,3-4,8,11,14,16-17,20,24-26H2,1-2H3,(H,43,47)(H,44,51)/t27-,32-,34-,35-,54?/m0/s1. The van der Waals surface area contributed by atoms with Crippen LogP contribution >= 0.6 is 18.9 Å². The zero-order valence-electron chi connectivity index (χ0n) is 31.2. The lowest BCUT2D eigenvalue weighted by molar-refractivity contribution is -0.148. The molecule has 7 rings (SSSR count). The van der Waals surface area contributed by atoms with Crippen LogP contribution in [0.15, 0.2) is 79.1 Å². The second kappa shape index (κ2) is 17.1. The first-order valence-corrected chi connectivity index (χ1v) is 21.9. The van der Waals surface area contributed by atoms with Crippen LogP contribution in [0.25, 0.3) is 10.1 Å². The first-order chi connectivity index (χ1) is 26.6. The van der Waals surface area contributed by atoms with Crippen LogP contribution < -0.4 is 14.9 Å². The van der Waals surface area contributed by atoms with Crippen molar-refractivity contribution in [2.45, 2.75) is 95.0 Å². The topological polar surface area (TPSA) is 147 Å². The van der Waals surface area contributed by atoms with Crippen LogP contribution in [0.4, 0.5) is 0 Å². The Balaban J connectivity index is 1.01. The number of aromatic nitrogens is 1. The number of hydrogen-bond donors (Lipinski definition) is 2. The largest absolute Gasteiger partial charge is 0.465 e. The number of hydrogen-bond acceptors (Lipinski definition) is 9. The van der Waals surface area contributed by atoms with E-state index in [9.17, 15) is 23.7 Å². The van der Waals surface area contributed by atoms with E-state index in [1.807, 2.05) is 54.4 Å². The predicted molar refractivity (Wildman–Crippen MR) is 211 cm³/mol. The van der Waals surface area contributed by atoms with Gasteiger partial charge in [-0.3, -0.25) is 28.7 Å². The molecule has 3 fully saturated rings. The Morgan fingerprint density at radius 3 is 2.60 bits per heavy atom. The molecule has 5 heterocycles. The second-order valence-corrected chi connectivity index (χ2v) is 18.0. The zero-order chi connectivity index (χ0) is 38.5. The average Bonchev–Trinajstić information content (AvgIpc) is 3.75. The highest BCUT2D eigenvalue weighted by atomic mass is 32.1. The van der Waals surface area contributed by atoms with Crippen molar-refractivity contribution in [3.63, 3.8) is 0 Å². The number of benzene rings is 2. The first-order valence-electron chi connectivity index (χ1n) is 19.2. The lowest BCUT2D eigenvalue weighted by Crippen LogP contribution is -2.58. The molecule has 3 saturated heterocycles. The van der Waals surface area contributed by atoms with Gasteiger partial charge < -0.3 is 24.4 Å². The molecule has 3 aliphatic heterocycles. The molecule has 3 amide bonds. The third-order valence-corrected chi connectivity index (χ3v) is 13.9. The summed E-state index contributed by atoms with van der Waals surface area (Å²) in [5, 5.41) is 6.71. The second-order valence-electron chi connectivity index (χ2n) is 14.8. The monoisotopic (exact) mass is 785 g/mol. The molecule has 0 spiro atoms. The number of carbonyl (C=O) groups excluding carboxylic acids is 4. The van der Waals surface area contributed by atoms with Crippen molar-refractivity contribution in [2.75, 3.05) is 19.7 Å². The van der Waals surface area contributed by atoms with Gasteiger partial charge in [0.25, 0.3) is 5.91 Å². The summed E-state index contributed by atoms with van der Waals surface area (Å²) in [7, 11) is -3.68. The van der Waals surface area contributed by atoms with Crippen LogP contribution in [0.2, 0.25) is 0 Å². The van der Waals surface area contributed by atoms with Crippen molar-refractivity contribution >= 4 is 52.6 Å². The van der Waals surface area contributed by atoms with Crippen LogP contribution in [-0.2, 0) is 29.8 Å². The number of nitrogens with one attached hydrogen (secondary N) is 2. The molecule has 3 aliphatic rings. The molecule has 0 saturated carbocycles. The van der Waals surface area contributed by atoms with E-state index in [-0.39, 0.29) is 42.5 Å². The summed E-state index contributed by atoms with van der Waals surface area (Å²) >= 11 is 1.31. The van der Waals surface area contributed by atoms with Crippen molar-refractivity contribution in [1.29, 1.82) is 0 Å². The summed E-state index contributed by atoms with van der Waals surface area (Å²) in [5.74, 6) is -0.409. The van der Waals surface area contributed by atoms with Crippen LogP contribution in [0.5, 0.6) is 5.75 Å². The fraction of sp³-hybridized carbons (Fsp3) is 0.439. The van der Waals surface area contributed by atoms with Crippen LogP contribution in [0, 0.1) is 0 Å². The number of amides is 3. The number of likely N-dealkylation sites (tertiary alicyclic amines) is 1. The van der Waals surface area contributed by atoms with Crippen molar-refractivity contribution < 1.29 is 33.0 Å². The number of para-hydroxylation sites is 1. The molecule has 290 valence electrons. The van der Waals surface area contributed by atoms with Crippen molar-refractivity contribution in [3.8, 4) is 5.75 Å². The molecular weight excluding hydrogens is 738 g/mol. The van der Waals surface area contributed by atoms with Gasteiger partial charge in [0.15, 0.2) is 0 Å². The highest BCUT2D eigenvalue weighted by molar-refractivity contribution is 7.56. The molecule has 0 radical (unpaired) electrons. The summed E-state index contributed by atoms with van der Waals surface area (Å²) in [6.45, 7) is 5.13. The maximum atomic E-state index is 14.3. The highest BCUT2D eigenvalue weighted by Crippen LogP contribution is 2.47. The van der Waals surface area contributed by atoms with Gasteiger partial charge in [-0.05, 0) is 98.4 Å². The lowest BCUT2D eigenvalue weighted by atomic mass is 9.92. The van der Waals surface area contributed by atoms with Gasteiger partial charge in [-0.1, -0.05) is 43.7 Å². The van der Waals surface area contributed by atoms with E-state index in [2.05, 4.69) is 15.4 Å². The van der Waals surface area contributed by atoms with Crippen LogP contribution in [0.1, 0.15) is 85.5 Å². The summed E-state index contributed by atoms with van der Waals surface area (Å²) < 4.78 is 26.6. The Morgan fingerprint density at radius 1 is 1.02 bits per heavy atom. The van der Waals surface area contributed by atoms with Gasteiger partial charge in [-0.15, -0.1) is 11.3 Å². The molecule has 2 aromatic heterocycles. The summed E-state index contributed by atoms with van der Waals surface area (Å²) in [6.07, 6.45) is 8.68. The fourth-order valence-corrected chi connectivity index (χ4v) is 10.7. The molecule has 55 heavy (non-hydrogen) atoms. The van der Waals surface area contributed by atoms with Crippen molar-refractivity contribution in [3.05, 3.63) is 95.1 Å². The maximum Gasteiger partial charge on any atom is 0.323 e. The van der Waals surface area contributed by atoms with Gasteiger partial charge in [0, 0.05) is 42.1 Å². The summed E-state index contributed by atoms with van der Waals surface area (Å²) in [5.41, 5.74) is 1.81. The molecule has 1 unspecified atom stereocenters. The molecule has 0 aliphatic carbocycles. The number of nitrogens with zero attached hydrogens (tertiary/aromatic N) is 3. The minimum absolute atomic E-state index is 0.00692. The number of pyridine rings is 1. The van der Waals surface area contributed by atoms with Crippen molar-refractivity contribution in [1.82, 2.24) is 25.2 Å². The van der Waals surface area contributed by atoms with Gasteiger partial charge in [0.05, 0.1) is 17.6 Å². The molecule has 12 nitrogen and oxygen atoms in total. The fourth-order valence-electron chi connectivity index (χ4n) is 7.75. The Kier molecular flexibility index (Phi) is 12.0. The van der Waals surface area contributed by atoms with Crippen LogP contribution in [0.3, 0.4) is 0 Å². The van der Waals surface area contributed by atoms with Gasteiger partial charge in [-0.2, -0.15) is 0 Å². The van der Waals surface area contributed by atoms with Gasteiger partial charge in [-0.25, -0.2) is 5.09 Å². The molecule has 4 aromatic rings. The molecular formula is C41H48N5O7PS. The first kappa shape index (κ1) is 38.7. The number of carbonyl (C=O) groups is 4. The van der Waals surface area contributed by atoms with Crippen molar-refractivity contribution in [2.24, 2.45) is 0 Å². The van der Waals surface area contributed by atoms with E-state index in [1.54, 1.807) is 48.4 Å². The highest BCUT2D eigenvalue weighted by Gasteiger charge is 2.47. The smallest absolute Gasteiger partial charge is 0.323 e. The predicted octanol–water partition coefficient (Wildman–Crippen LogP) is 6.66. The number of esters is 1. The quantitative estimate of drug-likeness (QED) is 0.0814. The maximum absolute atomic E-state index is 14.3. The Morgan fingerprint density at radius 2 is 1.84 bits per heavy atom. The number of unbranched alkanes of at least 4 members (excludes halogenated alkanes) is 1. The van der Waals surface area contributed by atoms with E-state index < -0.39 is 31.6 Å². The third kappa shape index (κ3) is 8.95. The average molecular weight is 786 g/mol. The Bertz CT molecular complexity index is 2060. The van der Waals surface area contributed by atoms with E-state index in [4.69, 9.17) is 9.26 Å². The number of fused-ring (bicyclic) bond motifs is 2. The number of thiophene rings is 1. The van der Waals surface area contributed by atoms with E-state index >= 15 is 0 Å². The van der Waals surface area contributed by atoms with Gasteiger partial charge >= 0.3 is 13.5 Å².